The van der Waals surface area contributed by atoms with E-state index >= 15 is 0 Å². The van der Waals surface area contributed by atoms with Crippen molar-refractivity contribution in [3.63, 3.8) is 0 Å². The van der Waals surface area contributed by atoms with Crippen LogP contribution in [0.15, 0.2) is 29.2 Å². The fourth-order valence-electron chi connectivity index (χ4n) is 1.69. The van der Waals surface area contributed by atoms with Crippen LogP contribution in [-0.2, 0) is 4.79 Å². The van der Waals surface area contributed by atoms with Crippen molar-refractivity contribution in [1.82, 2.24) is 5.32 Å². The van der Waals surface area contributed by atoms with Crippen LogP contribution in [0.5, 0.6) is 0 Å². The van der Waals surface area contributed by atoms with E-state index in [0.29, 0.717) is 0 Å². The topological polar surface area (TPSA) is 55.1 Å². The van der Waals surface area contributed by atoms with E-state index in [0.717, 1.165) is 11.3 Å². The number of hydrogen-bond donors (Lipinski definition) is 2. The van der Waals surface area contributed by atoms with Crippen LogP contribution in [-0.4, -0.2) is 17.7 Å². The van der Waals surface area contributed by atoms with Gasteiger partial charge in [-0.05, 0) is 37.3 Å². The van der Waals surface area contributed by atoms with Gasteiger partial charge in [0.15, 0.2) is 0 Å². The summed E-state index contributed by atoms with van der Waals surface area (Å²) in [4.78, 5) is 13.2. The Hall–Kier alpha value is -0.710. The SMILES string of the molecule is CCSc1ccc(C(C)NC(=O)C(C)C(C)N)cc1.Cl. The monoisotopic (exact) mass is 316 g/mol. The van der Waals surface area contributed by atoms with Crippen LogP contribution in [0.4, 0.5) is 0 Å². The van der Waals surface area contributed by atoms with Gasteiger partial charge in [0.2, 0.25) is 5.91 Å². The molecule has 3 nitrogen and oxygen atoms in total. The van der Waals surface area contributed by atoms with Crippen molar-refractivity contribution >= 4 is 30.1 Å². The third kappa shape index (κ3) is 5.73. The number of rotatable bonds is 6. The molecule has 114 valence electrons. The van der Waals surface area contributed by atoms with E-state index < -0.39 is 0 Å². The van der Waals surface area contributed by atoms with E-state index in [4.69, 9.17) is 5.73 Å². The highest BCUT2D eigenvalue weighted by Crippen LogP contribution is 2.21. The van der Waals surface area contributed by atoms with Crippen LogP contribution in [0.25, 0.3) is 0 Å². The third-order valence-electron chi connectivity index (χ3n) is 3.25. The molecule has 0 fully saturated rings. The van der Waals surface area contributed by atoms with Crippen molar-refractivity contribution in [1.29, 1.82) is 0 Å². The molecule has 5 heteroatoms. The summed E-state index contributed by atoms with van der Waals surface area (Å²) in [5.74, 6) is 0.907. The van der Waals surface area contributed by atoms with E-state index in [1.807, 2.05) is 32.5 Å². The molecule has 1 aromatic carbocycles. The van der Waals surface area contributed by atoms with Crippen LogP contribution in [0, 0.1) is 5.92 Å². The normalized spacial score (nSPS) is 14.8. The zero-order chi connectivity index (χ0) is 14.4. The van der Waals surface area contributed by atoms with E-state index in [2.05, 4.69) is 36.5 Å². The molecular weight excluding hydrogens is 292 g/mol. The molecule has 20 heavy (non-hydrogen) atoms. The minimum atomic E-state index is -0.169. The fraction of sp³-hybridized carbons (Fsp3) is 0.533. The van der Waals surface area contributed by atoms with E-state index in [1.54, 1.807) is 0 Å². The average Bonchev–Trinajstić information content (AvgIpc) is 2.38. The van der Waals surface area contributed by atoms with Crippen molar-refractivity contribution < 1.29 is 4.79 Å². The number of amides is 1. The Morgan fingerprint density at radius 1 is 1.25 bits per heavy atom. The summed E-state index contributed by atoms with van der Waals surface area (Å²) in [7, 11) is 0. The standard InChI is InChI=1S/C15H24N2OS.ClH/c1-5-19-14-8-6-13(7-9-14)12(4)17-15(18)10(2)11(3)16;/h6-12H,5,16H2,1-4H3,(H,17,18);1H. The Morgan fingerprint density at radius 2 is 1.80 bits per heavy atom. The quantitative estimate of drug-likeness (QED) is 0.791. The maximum absolute atomic E-state index is 11.9. The molecule has 0 saturated carbocycles. The first-order valence-electron chi connectivity index (χ1n) is 6.74. The predicted molar refractivity (Wildman–Crippen MR) is 89.5 cm³/mol. The minimum absolute atomic E-state index is 0. The molecule has 0 aliphatic carbocycles. The highest BCUT2D eigenvalue weighted by Gasteiger charge is 2.19. The Morgan fingerprint density at radius 3 is 2.25 bits per heavy atom. The van der Waals surface area contributed by atoms with Crippen LogP contribution in [0.1, 0.15) is 39.3 Å². The van der Waals surface area contributed by atoms with Gasteiger partial charge in [0.25, 0.3) is 0 Å². The lowest BCUT2D eigenvalue weighted by Crippen LogP contribution is -2.39. The number of halogens is 1. The summed E-state index contributed by atoms with van der Waals surface area (Å²) in [5.41, 5.74) is 6.86. The van der Waals surface area contributed by atoms with Crippen molar-refractivity contribution in [2.75, 3.05) is 5.75 Å². The second-order valence-corrected chi connectivity index (χ2v) is 6.22. The first-order chi connectivity index (χ1) is 8.95. The van der Waals surface area contributed by atoms with Gasteiger partial charge in [-0.1, -0.05) is 26.0 Å². The Labute approximate surface area is 132 Å². The van der Waals surface area contributed by atoms with Crippen LogP contribution < -0.4 is 11.1 Å². The third-order valence-corrected chi connectivity index (χ3v) is 4.15. The molecule has 0 aliphatic heterocycles. The number of benzene rings is 1. The van der Waals surface area contributed by atoms with Gasteiger partial charge in [0, 0.05) is 16.9 Å². The molecule has 1 rings (SSSR count). The van der Waals surface area contributed by atoms with E-state index in [-0.39, 0.29) is 36.3 Å². The molecule has 0 radical (unpaired) electrons. The number of carbonyl (C=O) groups excluding carboxylic acids is 1. The van der Waals surface area contributed by atoms with E-state index in [9.17, 15) is 4.79 Å². The maximum Gasteiger partial charge on any atom is 0.224 e. The van der Waals surface area contributed by atoms with Gasteiger partial charge in [-0.25, -0.2) is 0 Å². The number of hydrogen-bond acceptors (Lipinski definition) is 3. The maximum atomic E-state index is 11.9. The summed E-state index contributed by atoms with van der Waals surface area (Å²) in [6.45, 7) is 7.84. The van der Waals surface area contributed by atoms with Gasteiger partial charge in [0.1, 0.15) is 0 Å². The van der Waals surface area contributed by atoms with Crippen molar-refractivity contribution in [2.24, 2.45) is 11.7 Å². The highest BCUT2D eigenvalue weighted by molar-refractivity contribution is 7.99. The lowest BCUT2D eigenvalue weighted by atomic mass is 10.0. The van der Waals surface area contributed by atoms with Crippen LogP contribution in [0.3, 0.4) is 0 Å². The molecule has 1 aromatic rings. The van der Waals surface area contributed by atoms with Gasteiger partial charge in [-0.2, -0.15) is 0 Å². The number of nitrogens with one attached hydrogen (secondary N) is 1. The van der Waals surface area contributed by atoms with Gasteiger partial charge < -0.3 is 11.1 Å². The highest BCUT2D eigenvalue weighted by atomic mass is 35.5. The molecule has 1 amide bonds. The molecule has 0 aliphatic rings. The van der Waals surface area contributed by atoms with Gasteiger partial charge in [-0.15, -0.1) is 24.2 Å². The zero-order valence-electron chi connectivity index (χ0n) is 12.6. The lowest BCUT2D eigenvalue weighted by molar-refractivity contribution is -0.125. The summed E-state index contributed by atoms with van der Waals surface area (Å²) < 4.78 is 0. The summed E-state index contributed by atoms with van der Waals surface area (Å²) in [5, 5.41) is 3.00. The number of carbonyl (C=O) groups is 1. The first kappa shape index (κ1) is 19.3. The lowest BCUT2D eigenvalue weighted by Gasteiger charge is -2.20. The summed E-state index contributed by atoms with van der Waals surface area (Å²) >= 11 is 1.81. The largest absolute Gasteiger partial charge is 0.349 e. The molecule has 0 aromatic heterocycles. The molecule has 3 atom stereocenters. The summed E-state index contributed by atoms with van der Waals surface area (Å²) in [6, 6.07) is 8.21. The number of nitrogens with two attached hydrogens (primary N) is 1. The molecule has 3 unspecified atom stereocenters. The van der Waals surface area contributed by atoms with Gasteiger partial charge in [0.05, 0.1) is 6.04 Å². The van der Waals surface area contributed by atoms with Crippen LogP contribution in [0.2, 0.25) is 0 Å². The van der Waals surface area contributed by atoms with Crippen molar-refractivity contribution in [3.05, 3.63) is 29.8 Å². The predicted octanol–water partition coefficient (Wildman–Crippen LogP) is 3.38. The van der Waals surface area contributed by atoms with Gasteiger partial charge >= 0.3 is 0 Å². The first-order valence-corrected chi connectivity index (χ1v) is 7.73. The molecule has 0 spiro atoms. The smallest absolute Gasteiger partial charge is 0.224 e. The van der Waals surface area contributed by atoms with E-state index in [1.165, 1.54) is 4.90 Å². The van der Waals surface area contributed by atoms with Crippen molar-refractivity contribution in [2.45, 2.75) is 44.7 Å². The molecule has 0 heterocycles. The minimum Gasteiger partial charge on any atom is -0.349 e. The Balaban J connectivity index is 0.00000361. The second kappa shape index (κ2) is 9.27. The summed E-state index contributed by atoms with van der Waals surface area (Å²) in [6.07, 6.45) is 0. The van der Waals surface area contributed by atoms with Crippen LogP contribution >= 0.6 is 24.2 Å². The molecular formula is C15H25ClN2OS. The molecule has 0 saturated heterocycles. The average molecular weight is 317 g/mol. The molecule has 3 N–H and O–H groups in total. The van der Waals surface area contributed by atoms with Gasteiger partial charge in [-0.3, -0.25) is 4.79 Å². The Bertz CT molecular complexity index is 409. The Kier molecular flexibility index (Phi) is 8.94. The zero-order valence-corrected chi connectivity index (χ0v) is 14.2. The molecule has 0 bridgehead atoms. The fourth-order valence-corrected chi connectivity index (χ4v) is 2.35. The van der Waals surface area contributed by atoms with Crippen molar-refractivity contribution in [3.8, 4) is 0 Å². The number of thioether (sulfide) groups is 1. The second-order valence-electron chi connectivity index (χ2n) is 4.88.